The van der Waals surface area contributed by atoms with Crippen molar-refractivity contribution in [2.75, 3.05) is 12.3 Å². The Labute approximate surface area is 161 Å². The molecule has 1 rings (SSSR count). The van der Waals surface area contributed by atoms with Gasteiger partial charge in [0, 0.05) is 12.3 Å². The van der Waals surface area contributed by atoms with E-state index in [1.54, 1.807) is 0 Å². The van der Waals surface area contributed by atoms with E-state index in [9.17, 15) is 24.0 Å². The van der Waals surface area contributed by atoms with E-state index < -0.39 is 60.2 Å². The number of carbonyl (C=O) groups is 5. The first-order valence-corrected chi connectivity index (χ1v) is 8.94. The van der Waals surface area contributed by atoms with Gasteiger partial charge >= 0.3 is 11.9 Å². The lowest BCUT2D eigenvalue weighted by atomic mass is 10.1. The van der Waals surface area contributed by atoms with Crippen LogP contribution < -0.4 is 16.4 Å². The summed E-state index contributed by atoms with van der Waals surface area (Å²) in [5.41, 5.74) is 5.42. The summed E-state index contributed by atoms with van der Waals surface area (Å²) in [5, 5.41) is 22.5. The van der Waals surface area contributed by atoms with Crippen LogP contribution in [0, 0.1) is 0 Å². The van der Waals surface area contributed by atoms with Crippen LogP contribution in [0.25, 0.3) is 0 Å². The number of hydrogen-bond acceptors (Lipinski definition) is 7. The second kappa shape index (κ2) is 10.1. The van der Waals surface area contributed by atoms with E-state index in [0.717, 1.165) is 0 Å². The highest BCUT2D eigenvalue weighted by molar-refractivity contribution is 7.80. The molecule has 0 saturated carbocycles. The smallest absolute Gasteiger partial charge is 0.326 e. The van der Waals surface area contributed by atoms with Gasteiger partial charge in [-0.2, -0.15) is 12.6 Å². The standard InChI is InChI=1S/C15H24N4O7S/c1-7(17-13(23)8(16)5-11(20)21)12(22)18-9(6-27)14(24)19-4-2-3-10(19)15(25)26/h7-10,27H,2-6,16H2,1H3,(H,17,23)(H,18,22)(H,20,21)(H,25,26). The van der Waals surface area contributed by atoms with Crippen molar-refractivity contribution in [3.8, 4) is 0 Å². The molecule has 0 bridgehead atoms. The first-order chi connectivity index (χ1) is 12.6. The van der Waals surface area contributed by atoms with Gasteiger partial charge in [0.15, 0.2) is 0 Å². The number of thiol groups is 1. The summed E-state index contributed by atoms with van der Waals surface area (Å²) in [6, 6.07) is -4.40. The molecule has 1 saturated heterocycles. The van der Waals surface area contributed by atoms with Crippen molar-refractivity contribution in [1.82, 2.24) is 15.5 Å². The summed E-state index contributed by atoms with van der Waals surface area (Å²) in [4.78, 5) is 59.5. The highest BCUT2D eigenvalue weighted by atomic mass is 32.1. The molecule has 4 atom stereocenters. The largest absolute Gasteiger partial charge is 0.481 e. The number of aliphatic carboxylic acids is 2. The number of nitrogens with zero attached hydrogens (tertiary/aromatic N) is 1. The van der Waals surface area contributed by atoms with Crippen LogP contribution in [-0.4, -0.2) is 81.2 Å². The lowest BCUT2D eigenvalue weighted by molar-refractivity contribution is -0.149. The van der Waals surface area contributed by atoms with Gasteiger partial charge in [-0.1, -0.05) is 0 Å². The van der Waals surface area contributed by atoms with E-state index in [2.05, 4.69) is 23.3 Å². The van der Waals surface area contributed by atoms with Crippen molar-refractivity contribution in [1.29, 1.82) is 0 Å². The van der Waals surface area contributed by atoms with Crippen LogP contribution in [0.2, 0.25) is 0 Å². The van der Waals surface area contributed by atoms with Crippen LogP contribution in [-0.2, 0) is 24.0 Å². The number of carboxylic acids is 2. The zero-order valence-corrected chi connectivity index (χ0v) is 15.6. The van der Waals surface area contributed by atoms with Crippen molar-refractivity contribution in [3.63, 3.8) is 0 Å². The number of nitrogens with two attached hydrogens (primary N) is 1. The van der Waals surface area contributed by atoms with Crippen LogP contribution in [0.1, 0.15) is 26.2 Å². The maximum Gasteiger partial charge on any atom is 0.326 e. The zero-order valence-electron chi connectivity index (χ0n) is 14.8. The molecule has 1 heterocycles. The lowest BCUT2D eigenvalue weighted by Crippen LogP contribution is -2.57. The summed E-state index contributed by atoms with van der Waals surface area (Å²) in [7, 11) is 0. The number of amides is 3. The van der Waals surface area contributed by atoms with Gasteiger partial charge in [-0.3, -0.25) is 19.2 Å². The van der Waals surface area contributed by atoms with Crippen LogP contribution in [0.4, 0.5) is 0 Å². The molecule has 6 N–H and O–H groups in total. The number of likely N-dealkylation sites (tertiary alicyclic amines) is 1. The van der Waals surface area contributed by atoms with Gasteiger partial charge in [-0.25, -0.2) is 4.79 Å². The topological polar surface area (TPSA) is 179 Å². The summed E-state index contributed by atoms with van der Waals surface area (Å²) in [5.74, 6) is -4.52. The summed E-state index contributed by atoms with van der Waals surface area (Å²) < 4.78 is 0. The van der Waals surface area contributed by atoms with Crippen molar-refractivity contribution < 1.29 is 34.2 Å². The molecule has 4 unspecified atom stereocenters. The first kappa shape index (κ1) is 22.7. The Morgan fingerprint density at radius 1 is 1.19 bits per heavy atom. The van der Waals surface area contributed by atoms with Crippen molar-refractivity contribution in [2.45, 2.75) is 50.4 Å². The average Bonchev–Trinajstić information content (AvgIpc) is 3.07. The number of hydrogen-bond donors (Lipinski definition) is 6. The maximum absolute atomic E-state index is 12.5. The quantitative estimate of drug-likeness (QED) is 0.234. The van der Waals surface area contributed by atoms with Gasteiger partial charge in [0.05, 0.1) is 12.5 Å². The molecule has 0 radical (unpaired) electrons. The van der Waals surface area contributed by atoms with Gasteiger partial charge < -0.3 is 31.5 Å². The second-order valence-corrected chi connectivity index (χ2v) is 6.57. The maximum atomic E-state index is 12.5. The molecule has 1 aliphatic rings. The molecule has 152 valence electrons. The van der Waals surface area contributed by atoms with E-state index in [-0.39, 0.29) is 12.3 Å². The molecular weight excluding hydrogens is 380 g/mol. The van der Waals surface area contributed by atoms with Crippen molar-refractivity contribution in [2.24, 2.45) is 5.73 Å². The van der Waals surface area contributed by atoms with Gasteiger partial charge in [-0.15, -0.1) is 0 Å². The molecule has 0 aromatic heterocycles. The molecule has 3 amide bonds. The fourth-order valence-electron chi connectivity index (χ4n) is 2.64. The average molecular weight is 404 g/mol. The molecule has 1 aliphatic heterocycles. The van der Waals surface area contributed by atoms with Crippen LogP contribution in [0.3, 0.4) is 0 Å². The van der Waals surface area contributed by atoms with E-state index >= 15 is 0 Å². The minimum absolute atomic E-state index is 0.0629. The summed E-state index contributed by atoms with van der Waals surface area (Å²) in [6.07, 6.45) is 0.287. The fraction of sp³-hybridized carbons (Fsp3) is 0.667. The summed E-state index contributed by atoms with van der Waals surface area (Å²) in [6.45, 7) is 1.61. The Bertz CT molecular complexity index is 615. The molecule has 0 spiro atoms. The molecule has 27 heavy (non-hydrogen) atoms. The second-order valence-electron chi connectivity index (χ2n) is 6.21. The lowest BCUT2D eigenvalue weighted by Gasteiger charge is -2.27. The highest BCUT2D eigenvalue weighted by Crippen LogP contribution is 2.18. The molecule has 11 nitrogen and oxygen atoms in total. The predicted molar refractivity (Wildman–Crippen MR) is 96.0 cm³/mol. The molecular formula is C15H24N4O7S. The third kappa shape index (κ3) is 6.40. The van der Waals surface area contributed by atoms with Gasteiger partial charge in [0.2, 0.25) is 17.7 Å². The van der Waals surface area contributed by atoms with Gasteiger partial charge in [0.1, 0.15) is 18.1 Å². The minimum Gasteiger partial charge on any atom is -0.481 e. The van der Waals surface area contributed by atoms with Crippen molar-refractivity contribution in [3.05, 3.63) is 0 Å². The minimum atomic E-state index is -1.32. The Morgan fingerprint density at radius 3 is 2.33 bits per heavy atom. The van der Waals surface area contributed by atoms with Crippen molar-refractivity contribution >= 4 is 42.3 Å². The van der Waals surface area contributed by atoms with E-state index in [1.165, 1.54) is 11.8 Å². The molecule has 1 fully saturated rings. The van der Waals surface area contributed by atoms with Crippen LogP contribution in [0.5, 0.6) is 0 Å². The highest BCUT2D eigenvalue weighted by Gasteiger charge is 2.37. The first-order valence-electron chi connectivity index (χ1n) is 8.30. The fourth-order valence-corrected chi connectivity index (χ4v) is 2.88. The predicted octanol–water partition coefficient (Wildman–Crippen LogP) is -2.22. The monoisotopic (exact) mass is 404 g/mol. The molecule has 0 aliphatic carbocycles. The Morgan fingerprint density at radius 2 is 1.81 bits per heavy atom. The van der Waals surface area contributed by atoms with E-state index in [4.69, 9.17) is 15.9 Å². The normalized spacial score (nSPS) is 19.7. The van der Waals surface area contributed by atoms with Crippen LogP contribution in [0.15, 0.2) is 0 Å². The molecule has 0 aromatic carbocycles. The summed E-state index contributed by atoms with van der Waals surface area (Å²) >= 11 is 4.03. The Kier molecular flexibility index (Phi) is 8.50. The number of nitrogens with one attached hydrogen (secondary N) is 2. The zero-order chi connectivity index (χ0) is 20.7. The van der Waals surface area contributed by atoms with Gasteiger partial charge in [-0.05, 0) is 19.8 Å². The molecule has 0 aromatic rings. The number of carbonyl (C=O) groups excluding carboxylic acids is 3. The van der Waals surface area contributed by atoms with E-state index in [1.807, 2.05) is 0 Å². The SMILES string of the molecule is CC(NC(=O)C(N)CC(=O)O)C(=O)NC(CS)C(=O)N1CCCC1C(=O)O. The third-order valence-corrected chi connectivity index (χ3v) is 4.47. The Hall–Kier alpha value is -2.34. The molecule has 12 heteroatoms. The van der Waals surface area contributed by atoms with Gasteiger partial charge in [0.25, 0.3) is 0 Å². The van der Waals surface area contributed by atoms with E-state index in [0.29, 0.717) is 12.8 Å². The number of carboxylic acid groups (broad SMARTS) is 2. The third-order valence-electron chi connectivity index (χ3n) is 4.10. The Balaban J connectivity index is 2.66. The van der Waals surface area contributed by atoms with Crippen LogP contribution >= 0.6 is 12.6 Å². The number of rotatable bonds is 9.